The van der Waals surface area contributed by atoms with Crippen molar-refractivity contribution in [1.82, 2.24) is 5.32 Å². The van der Waals surface area contributed by atoms with Crippen molar-refractivity contribution in [3.05, 3.63) is 29.3 Å². The van der Waals surface area contributed by atoms with Gasteiger partial charge in [0.15, 0.2) is 0 Å². The van der Waals surface area contributed by atoms with Crippen LogP contribution in [0.3, 0.4) is 0 Å². The minimum Gasteiger partial charge on any atom is -0.465 e. The summed E-state index contributed by atoms with van der Waals surface area (Å²) in [6.07, 6.45) is 0.0413. The van der Waals surface area contributed by atoms with Gasteiger partial charge in [0.2, 0.25) is 0 Å². The van der Waals surface area contributed by atoms with Crippen molar-refractivity contribution < 1.29 is 9.90 Å². The summed E-state index contributed by atoms with van der Waals surface area (Å²) < 4.78 is 0. The molecule has 0 spiro atoms. The quantitative estimate of drug-likeness (QED) is 0.664. The average Bonchev–Trinajstić information content (AvgIpc) is 2.61. The predicted molar refractivity (Wildman–Crippen MR) is 53.5 cm³/mol. The lowest BCUT2D eigenvalue weighted by Crippen LogP contribution is -2.19. The molecule has 1 aliphatic rings. The maximum atomic E-state index is 10.3. The molecule has 4 nitrogen and oxygen atoms in total. The van der Waals surface area contributed by atoms with Gasteiger partial charge >= 0.3 is 6.09 Å². The Labute approximate surface area is 81.9 Å². The zero-order chi connectivity index (χ0) is 9.97. The fraction of sp³-hybridized carbons (Fsp3) is 0.300. The molecule has 0 fully saturated rings. The molecular formula is C10H12N2O2. The Morgan fingerprint density at radius 2 is 2.43 bits per heavy atom. The third kappa shape index (κ3) is 1.79. The Hall–Kier alpha value is -1.71. The Bertz CT molecular complexity index is 363. The van der Waals surface area contributed by atoms with Crippen molar-refractivity contribution in [3.8, 4) is 0 Å². The van der Waals surface area contributed by atoms with Crippen LogP contribution in [0.25, 0.3) is 0 Å². The van der Waals surface area contributed by atoms with Gasteiger partial charge in [-0.15, -0.1) is 0 Å². The summed E-state index contributed by atoms with van der Waals surface area (Å²) >= 11 is 0. The predicted octanol–water partition coefficient (Wildman–Crippen LogP) is 1.42. The minimum absolute atomic E-state index is 0.378. The van der Waals surface area contributed by atoms with E-state index in [1.54, 1.807) is 0 Å². The lowest BCUT2D eigenvalue weighted by atomic mass is 10.1. The highest BCUT2D eigenvalue weighted by molar-refractivity contribution is 5.64. The molecule has 0 radical (unpaired) electrons. The van der Waals surface area contributed by atoms with Gasteiger partial charge in [-0.25, -0.2) is 4.79 Å². The standard InChI is InChI=1S/C10H12N2O2/c13-10(14)12-6-7-1-2-9-8(5-7)3-4-11-9/h1-2,5,11-12H,3-4,6H2,(H,13,14). The summed E-state index contributed by atoms with van der Waals surface area (Å²) in [5, 5.41) is 14.0. The van der Waals surface area contributed by atoms with Crippen molar-refractivity contribution in [2.75, 3.05) is 11.9 Å². The average molecular weight is 192 g/mol. The molecule has 0 atom stereocenters. The first-order valence-corrected chi connectivity index (χ1v) is 4.58. The number of hydrogen-bond acceptors (Lipinski definition) is 2. The summed E-state index contributed by atoms with van der Waals surface area (Å²) in [7, 11) is 0. The van der Waals surface area contributed by atoms with E-state index in [-0.39, 0.29) is 0 Å². The lowest BCUT2D eigenvalue weighted by molar-refractivity contribution is 0.194. The second-order valence-electron chi connectivity index (χ2n) is 3.33. The van der Waals surface area contributed by atoms with E-state index in [4.69, 9.17) is 5.11 Å². The minimum atomic E-state index is -0.983. The molecule has 0 saturated carbocycles. The third-order valence-electron chi connectivity index (χ3n) is 2.32. The van der Waals surface area contributed by atoms with Crippen molar-refractivity contribution in [2.45, 2.75) is 13.0 Å². The van der Waals surface area contributed by atoms with Crippen LogP contribution in [0.2, 0.25) is 0 Å². The molecule has 3 N–H and O–H groups in total. The molecule has 1 amide bonds. The molecule has 0 saturated heterocycles. The van der Waals surface area contributed by atoms with E-state index in [0.29, 0.717) is 6.54 Å². The molecule has 2 rings (SSSR count). The Kier molecular flexibility index (Phi) is 2.26. The van der Waals surface area contributed by atoms with Crippen LogP contribution in [-0.4, -0.2) is 17.7 Å². The summed E-state index contributed by atoms with van der Waals surface area (Å²) in [6.45, 7) is 1.35. The summed E-state index contributed by atoms with van der Waals surface area (Å²) in [5.74, 6) is 0. The maximum Gasteiger partial charge on any atom is 0.404 e. The smallest absolute Gasteiger partial charge is 0.404 e. The van der Waals surface area contributed by atoms with Crippen LogP contribution in [-0.2, 0) is 13.0 Å². The molecule has 1 heterocycles. The first kappa shape index (κ1) is 8.87. The zero-order valence-corrected chi connectivity index (χ0v) is 7.71. The molecular weight excluding hydrogens is 180 g/mol. The van der Waals surface area contributed by atoms with Gasteiger partial charge in [-0.05, 0) is 23.6 Å². The van der Waals surface area contributed by atoms with Crippen LogP contribution < -0.4 is 10.6 Å². The van der Waals surface area contributed by atoms with Crippen LogP contribution in [0, 0.1) is 0 Å². The Balaban J connectivity index is 2.09. The SMILES string of the molecule is O=C(O)NCc1ccc2c(c1)CCN2. The van der Waals surface area contributed by atoms with Gasteiger partial charge in [-0.3, -0.25) is 0 Å². The van der Waals surface area contributed by atoms with Gasteiger partial charge in [0.05, 0.1) is 0 Å². The first-order valence-electron chi connectivity index (χ1n) is 4.58. The molecule has 0 bridgehead atoms. The van der Waals surface area contributed by atoms with E-state index in [1.807, 2.05) is 18.2 Å². The lowest BCUT2D eigenvalue weighted by Gasteiger charge is -2.04. The van der Waals surface area contributed by atoms with Crippen molar-refractivity contribution >= 4 is 11.8 Å². The van der Waals surface area contributed by atoms with Crippen LogP contribution >= 0.6 is 0 Å². The molecule has 14 heavy (non-hydrogen) atoms. The number of fused-ring (bicyclic) bond motifs is 1. The van der Waals surface area contributed by atoms with Gasteiger partial charge in [-0.2, -0.15) is 0 Å². The zero-order valence-electron chi connectivity index (χ0n) is 7.71. The van der Waals surface area contributed by atoms with Gasteiger partial charge in [0.25, 0.3) is 0 Å². The Morgan fingerprint density at radius 1 is 1.57 bits per heavy atom. The van der Waals surface area contributed by atoms with Crippen LogP contribution in [0.4, 0.5) is 10.5 Å². The maximum absolute atomic E-state index is 10.3. The number of hydrogen-bond donors (Lipinski definition) is 3. The van der Waals surface area contributed by atoms with Crippen molar-refractivity contribution in [1.29, 1.82) is 0 Å². The van der Waals surface area contributed by atoms with E-state index in [0.717, 1.165) is 18.5 Å². The summed E-state index contributed by atoms with van der Waals surface area (Å²) in [6, 6.07) is 5.99. The molecule has 0 unspecified atom stereocenters. The second-order valence-corrected chi connectivity index (χ2v) is 3.33. The molecule has 0 aromatic heterocycles. The highest BCUT2D eigenvalue weighted by atomic mass is 16.4. The molecule has 1 aromatic rings. The molecule has 74 valence electrons. The number of amides is 1. The van der Waals surface area contributed by atoms with E-state index >= 15 is 0 Å². The molecule has 4 heteroatoms. The molecule has 1 aliphatic heterocycles. The second kappa shape index (κ2) is 3.57. The summed E-state index contributed by atoms with van der Waals surface area (Å²) in [4.78, 5) is 10.3. The van der Waals surface area contributed by atoms with E-state index in [1.165, 1.54) is 11.3 Å². The summed E-state index contributed by atoms with van der Waals surface area (Å²) in [5.41, 5.74) is 3.45. The first-order chi connectivity index (χ1) is 6.75. The van der Waals surface area contributed by atoms with Crippen LogP contribution in [0.15, 0.2) is 18.2 Å². The number of carboxylic acid groups (broad SMARTS) is 1. The highest BCUT2D eigenvalue weighted by Crippen LogP contribution is 2.22. The third-order valence-corrected chi connectivity index (χ3v) is 2.32. The van der Waals surface area contributed by atoms with Gasteiger partial charge < -0.3 is 15.7 Å². The van der Waals surface area contributed by atoms with E-state index < -0.39 is 6.09 Å². The molecule has 1 aromatic carbocycles. The molecule has 0 aliphatic carbocycles. The normalized spacial score (nSPS) is 13.1. The number of rotatable bonds is 2. The Morgan fingerprint density at radius 3 is 3.21 bits per heavy atom. The highest BCUT2D eigenvalue weighted by Gasteiger charge is 2.09. The van der Waals surface area contributed by atoms with Crippen LogP contribution in [0.5, 0.6) is 0 Å². The fourth-order valence-corrected chi connectivity index (χ4v) is 1.65. The van der Waals surface area contributed by atoms with Crippen LogP contribution in [0.1, 0.15) is 11.1 Å². The fourth-order valence-electron chi connectivity index (χ4n) is 1.65. The van der Waals surface area contributed by atoms with Crippen molar-refractivity contribution in [2.24, 2.45) is 0 Å². The van der Waals surface area contributed by atoms with E-state index in [2.05, 4.69) is 10.6 Å². The van der Waals surface area contributed by atoms with Gasteiger partial charge in [0.1, 0.15) is 0 Å². The number of benzene rings is 1. The monoisotopic (exact) mass is 192 g/mol. The van der Waals surface area contributed by atoms with Gasteiger partial charge in [-0.1, -0.05) is 12.1 Å². The van der Waals surface area contributed by atoms with Gasteiger partial charge in [0, 0.05) is 18.8 Å². The topological polar surface area (TPSA) is 61.4 Å². The number of carbonyl (C=O) groups is 1. The van der Waals surface area contributed by atoms with Crippen molar-refractivity contribution in [3.63, 3.8) is 0 Å². The number of anilines is 1. The van der Waals surface area contributed by atoms with E-state index in [9.17, 15) is 4.79 Å². The largest absolute Gasteiger partial charge is 0.465 e. The number of nitrogens with one attached hydrogen (secondary N) is 2.